The minimum atomic E-state index is -1.04. The fraction of sp³-hybridized carbons (Fsp3) is 0.348. The molecule has 0 unspecified atom stereocenters. The van der Waals surface area contributed by atoms with Crippen LogP contribution in [0.4, 0.5) is 5.69 Å². The summed E-state index contributed by atoms with van der Waals surface area (Å²) < 4.78 is 10.6. The van der Waals surface area contributed by atoms with E-state index in [0.29, 0.717) is 48.1 Å². The normalized spacial score (nSPS) is 15.3. The first-order chi connectivity index (χ1) is 15.9. The zero-order valence-electron chi connectivity index (χ0n) is 18.8. The van der Waals surface area contributed by atoms with E-state index in [1.165, 1.54) is 6.07 Å². The van der Waals surface area contributed by atoms with Crippen molar-refractivity contribution in [1.82, 2.24) is 10.2 Å². The molecule has 2 aromatic carbocycles. The van der Waals surface area contributed by atoms with Gasteiger partial charge in [0.2, 0.25) is 12.7 Å². The molecule has 0 aromatic heterocycles. The Morgan fingerprint density at radius 2 is 1.79 bits per heavy atom. The minimum absolute atomic E-state index is 0. The second-order valence-electron chi connectivity index (χ2n) is 7.98. The quantitative estimate of drug-likeness (QED) is 0.444. The van der Waals surface area contributed by atoms with Gasteiger partial charge < -0.3 is 30.0 Å². The SMILES string of the molecule is O=C(CN1CCC(C(=O)[O-])CC1)Nc1ccc(Cl)cc1C(=O)NCc1ccc2c(c1)OCO2.[Na+]. The van der Waals surface area contributed by atoms with Crippen LogP contribution in [-0.4, -0.2) is 49.1 Å². The van der Waals surface area contributed by atoms with Gasteiger partial charge in [-0.2, -0.15) is 0 Å². The number of anilines is 1. The topological polar surface area (TPSA) is 120 Å². The van der Waals surface area contributed by atoms with Crippen LogP contribution in [0, 0.1) is 5.92 Å². The molecule has 2 aromatic rings. The number of halogens is 1. The number of piperidine rings is 1. The predicted molar refractivity (Wildman–Crippen MR) is 118 cm³/mol. The Kier molecular flexibility index (Phi) is 9.21. The van der Waals surface area contributed by atoms with Gasteiger partial charge in [0.25, 0.3) is 5.91 Å². The molecule has 1 fully saturated rings. The van der Waals surface area contributed by atoms with Gasteiger partial charge in [-0.1, -0.05) is 17.7 Å². The number of carbonyl (C=O) groups is 3. The van der Waals surface area contributed by atoms with Gasteiger partial charge in [-0.25, -0.2) is 0 Å². The van der Waals surface area contributed by atoms with E-state index in [9.17, 15) is 19.5 Å². The summed E-state index contributed by atoms with van der Waals surface area (Å²) in [6, 6.07) is 10.1. The molecule has 4 rings (SSSR count). The van der Waals surface area contributed by atoms with Crippen LogP contribution in [0.1, 0.15) is 28.8 Å². The summed E-state index contributed by atoms with van der Waals surface area (Å²) in [4.78, 5) is 38.3. The van der Waals surface area contributed by atoms with Gasteiger partial charge in [-0.05, 0) is 61.8 Å². The fourth-order valence-corrected chi connectivity index (χ4v) is 4.03. The number of rotatable bonds is 7. The van der Waals surface area contributed by atoms with E-state index in [1.54, 1.807) is 24.3 Å². The summed E-state index contributed by atoms with van der Waals surface area (Å²) in [6.45, 7) is 1.51. The van der Waals surface area contributed by atoms with Crippen LogP contribution in [0.25, 0.3) is 0 Å². The third kappa shape index (κ3) is 6.64. The Balaban J connectivity index is 0.00000324. The molecule has 0 spiro atoms. The third-order valence-corrected chi connectivity index (χ3v) is 5.91. The van der Waals surface area contributed by atoms with Crippen molar-refractivity contribution in [2.24, 2.45) is 5.92 Å². The van der Waals surface area contributed by atoms with Crippen molar-refractivity contribution in [3.05, 3.63) is 52.5 Å². The van der Waals surface area contributed by atoms with Crippen molar-refractivity contribution in [2.45, 2.75) is 19.4 Å². The standard InChI is InChI=1S/C23H24ClN3O6.Na/c24-16-2-3-18(26-21(28)12-27-7-5-15(6-8-27)23(30)31)17(10-16)22(29)25-11-14-1-4-19-20(9-14)33-13-32-19;/h1-4,9-10,15H,5-8,11-13H2,(H,25,29)(H,26,28)(H,30,31);/q;+1/p-1. The average Bonchev–Trinajstić information content (AvgIpc) is 3.27. The van der Waals surface area contributed by atoms with Gasteiger partial charge in [0.15, 0.2) is 11.5 Å². The maximum atomic E-state index is 12.8. The van der Waals surface area contributed by atoms with Crippen LogP contribution in [-0.2, 0) is 16.1 Å². The molecule has 11 heteroatoms. The van der Waals surface area contributed by atoms with E-state index in [1.807, 2.05) is 11.0 Å². The molecule has 0 radical (unpaired) electrons. The molecule has 0 aliphatic carbocycles. The number of likely N-dealkylation sites (tertiary alicyclic amines) is 1. The van der Waals surface area contributed by atoms with E-state index in [2.05, 4.69) is 10.6 Å². The van der Waals surface area contributed by atoms with Crippen LogP contribution >= 0.6 is 11.6 Å². The first kappa shape index (κ1) is 26.3. The van der Waals surface area contributed by atoms with E-state index in [4.69, 9.17) is 21.1 Å². The van der Waals surface area contributed by atoms with Crippen molar-refractivity contribution in [3.63, 3.8) is 0 Å². The number of hydrogen-bond donors (Lipinski definition) is 2. The maximum Gasteiger partial charge on any atom is 1.00 e. The molecule has 2 N–H and O–H groups in total. The molecule has 1 saturated heterocycles. The van der Waals surface area contributed by atoms with Crippen LogP contribution in [0.2, 0.25) is 5.02 Å². The number of amides is 2. The van der Waals surface area contributed by atoms with Crippen molar-refractivity contribution in [3.8, 4) is 11.5 Å². The van der Waals surface area contributed by atoms with Gasteiger partial charge in [0.1, 0.15) is 0 Å². The Bertz CT molecular complexity index is 1070. The van der Waals surface area contributed by atoms with E-state index in [0.717, 1.165) is 5.56 Å². The molecular weight excluding hydrogens is 473 g/mol. The zero-order chi connectivity index (χ0) is 23.4. The largest absolute Gasteiger partial charge is 1.00 e. The summed E-state index contributed by atoms with van der Waals surface area (Å²) in [6.07, 6.45) is 0.897. The minimum Gasteiger partial charge on any atom is -0.550 e. The number of carbonyl (C=O) groups excluding carboxylic acids is 3. The van der Waals surface area contributed by atoms with E-state index in [-0.39, 0.29) is 66.8 Å². The Morgan fingerprint density at radius 1 is 1.06 bits per heavy atom. The van der Waals surface area contributed by atoms with Crippen molar-refractivity contribution < 1.29 is 58.5 Å². The molecule has 2 heterocycles. The molecule has 0 atom stereocenters. The smallest absolute Gasteiger partial charge is 0.550 e. The second kappa shape index (κ2) is 11.9. The number of nitrogens with zero attached hydrogens (tertiary/aromatic N) is 1. The molecule has 2 amide bonds. The molecular formula is C23H23ClN3NaO6. The van der Waals surface area contributed by atoms with E-state index < -0.39 is 11.9 Å². The molecule has 174 valence electrons. The number of aliphatic carboxylic acids is 1. The number of hydrogen-bond acceptors (Lipinski definition) is 7. The van der Waals surface area contributed by atoms with Crippen LogP contribution < -0.4 is 54.8 Å². The molecule has 34 heavy (non-hydrogen) atoms. The third-order valence-electron chi connectivity index (χ3n) is 5.68. The monoisotopic (exact) mass is 495 g/mol. The average molecular weight is 496 g/mol. The first-order valence-corrected chi connectivity index (χ1v) is 11.0. The Morgan fingerprint density at radius 3 is 2.53 bits per heavy atom. The van der Waals surface area contributed by atoms with Gasteiger partial charge >= 0.3 is 29.6 Å². The van der Waals surface area contributed by atoms with E-state index >= 15 is 0 Å². The summed E-state index contributed by atoms with van der Waals surface area (Å²) in [7, 11) is 0. The van der Waals surface area contributed by atoms with Crippen molar-refractivity contribution >= 4 is 35.1 Å². The summed E-state index contributed by atoms with van der Waals surface area (Å²) in [5.41, 5.74) is 1.42. The number of nitrogens with one attached hydrogen (secondary N) is 2. The number of carboxylic acid groups (broad SMARTS) is 1. The van der Waals surface area contributed by atoms with Gasteiger partial charge in [-0.15, -0.1) is 0 Å². The number of ether oxygens (including phenoxy) is 2. The second-order valence-corrected chi connectivity index (χ2v) is 8.41. The number of carboxylic acids is 1. The Labute approximate surface area is 224 Å². The molecule has 0 saturated carbocycles. The Hall–Kier alpha value is -2.30. The molecule has 9 nitrogen and oxygen atoms in total. The molecule has 2 aliphatic heterocycles. The predicted octanol–water partition coefficient (Wildman–Crippen LogP) is -1.60. The zero-order valence-corrected chi connectivity index (χ0v) is 21.5. The molecule has 0 bridgehead atoms. The number of benzene rings is 2. The number of fused-ring (bicyclic) bond motifs is 1. The van der Waals surface area contributed by atoms with Crippen LogP contribution in [0.5, 0.6) is 11.5 Å². The first-order valence-electron chi connectivity index (χ1n) is 10.6. The van der Waals surface area contributed by atoms with Crippen LogP contribution in [0.15, 0.2) is 36.4 Å². The van der Waals surface area contributed by atoms with Crippen LogP contribution in [0.3, 0.4) is 0 Å². The summed E-state index contributed by atoms with van der Waals surface area (Å²) in [5, 5.41) is 16.9. The summed E-state index contributed by atoms with van der Waals surface area (Å²) >= 11 is 6.09. The molecule has 2 aliphatic rings. The summed E-state index contributed by atoms with van der Waals surface area (Å²) in [5.74, 6) is -0.915. The van der Waals surface area contributed by atoms with Gasteiger partial charge in [0, 0.05) is 23.5 Å². The van der Waals surface area contributed by atoms with Gasteiger partial charge in [0.05, 0.1) is 17.8 Å². The van der Waals surface area contributed by atoms with Crippen molar-refractivity contribution in [2.75, 3.05) is 31.7 Å². The maximum absolute atomic E-state index is 12.8. The van der Waals surface area contributed by atoms with Crippen molar-refractivity contribution in [1.29, 1.82) is 0 Å². The van der Waals surface area contributed by atoms with Gasteiger partial charge in [-0.3, -0.25) is 14.5 Å². The fourth-order valence-electron chi connectivity index (χ4n) is 3.86.